The first kappa shape index (κ1) is 20.3. The van der Waals surface area contributed by atoms with E-state index in [1.165, 1.54) is 0 Å². The molecule has 0 spiro atoms. The van der Waals surface area contributed by atoms with Crippen molar-refractivity contribution in [2.45, 2.75) is 25.0 Å². The van der Waals surface area contributed by atoms with Gasteiger partial charge in [0.1, 0.15) is 5.75 Å². The zero-order valence-corrected chi connectivity index (χ0v) is 17.2. The molecule has 0 bridgehead atoms. The van der Waals surface area contributed by atoms with Crippen molar-refractivity contribution in [2.75, 3.05) is 26.7 Å². The minimum Gasteiger partial charge on any atom is -0.496 e. The summed E-state index contributed by atoms with van der Waals surface area (Å²) in [7, 11) is 1.68. The summed E-state index contributed by atoms with van der Waals surface area (Å²) in [5.41, 5.74) is 0.742. The number of rotatable bonds is 6. The van der Waals surface area contributed by atoms with Gasteiger partial charge in [-0.25, -0.2) is 4.98 Å². The molecule has 156 valence electrons. The van der Waals surface area contributed by atoms with E-state index in [9.17, 15) is 9.90 Å². The summed E-state index contributed by atoms with van der Waals surface area (Å²) in [4.78, 5) is 19.4. The minimum atomic E-state index is -0.892. The summed E-state index contributed by atoms with van der Waals surface area (Å²) in [6.07, 6.45) is 6.98. The molecule has 0 saturated carbocycles. The summed E-state index contributed by atoms with van der Waals surface area (Å²) >= 11 is 0. The number of fused-ring (bicyclic) bond motifs is 1. The predicted octanol–water partition coefficient (Wildman–Crippen LogP) is 2.95. The average molecular weight is 405 g/mol. The van der Waals surface area contributed by atoms with Crippen LogP contribution in [0.15, 0.2) is 65.7 Å². The van der Waals surface area contributed by atoms with Crippen LogP contribution in [0.5, 0.6) is 5.75 Å². The normalized spacial score (nSPS) is 16.9. The molecule has 2 heterocycles. The standard InChI is InChI=1S/C24H27N3O3/c1-30-22-11-5-2-7-19(22)8-6-14-26-15-12-24(29,13-16-26)17-27-18-25-21-10-4-3-9-20(21)23(27)28/h2-11,18,29H,12-17H2,1H3. The number of para-hydroxylation sites is 2. The number of ether oxygens (including phenoxy) is 1. The van der Waals surface area contributed by atoms with Crippen LogP contribution in [0.25, 0.3) is 17.0 Å². The maximum Gasteiger partial charge on any atom is 0.261 e. The zero-order valence-electron chi connectivity index (χ0n) is 17.2. The molecule has 1 saturated heterocycles. The quantitative estimate of drug-likeness (QED) is 0.683. The molecular weight excluding hydrogens is 378 g/mol. The molecule has 1 aliphatic rings. The van der Waals surface area contributed by atoms with Crippen molar-refractivity contribution in [1.82, 2.24) is 14.5 Å². The Morgan fingerprint density at radius 2 is 1.87 bits per heavy atom. The lowest BCUT2D eigenvalue weighted by Crippen LogP contribution is -2.48. The summed E-state index contributed by atoms with van der Waals surface area (Å²) in [6, 6.07) is 15.2. The van der Waals surface area contributed by atoms with Crippen LogP contribution < -0.4 is 10.3 Å². The Balaban J connectivity index is 1.36. The van der Waals surface area contributed by atoms with Crippen LogP contribution in [-0.2, 0) is 6.54 Å². The molecule has 0 atom stereocenters. The summed E-state index contributed by atoms with van der Waals surface area (Å²) < 4.78 is 6.92. The van der Waals surface area contributed by atoms with Crippen LogP contribution >= 0.6 is 0 Å². The molecule has 4 rings (SSSR count). The summed E-state index contributed by atoms with van der Waals surface area (Å²) in [6.45, 7) is 2.64. The fraction of sp³-hybridized carbons (Fsp3) is 0.333. The first-order valence-corrected chi connectivity index (χ1v) is 10.3. The van der Waals surface area contributed by atoms with Gasteiger partial charge in [0.15, 0.2) is 0 Å². The van der Waals surface area contributed by atoms with Gasteiger partial charge >= 0.3 is 0 Å². The number of aliphatic hydroxyl groups is 1. The van der Waals surface area contributed by atoms with Crippen molar-refractivity contribution >= 4 is 17.0 Å². The Morgan fingerprint density at radius 1 is 1.13 bits per heavy atom. The molecule has 0 radical (unpaired) electrons. The lowest BCUT2D eigenvalue weighted by molar-refractivity contribution is -0.0325. The molecule has 2 aromatic carbocycles. The van der Waals surface area contributed by atoms with Crippen molar-refractivity contribution in [1.29, 1.82) is 0 Å². The van der Waals surface area contributed by atoms with Gasteiger partial charge < -0.3 is 9.84 Å². The second-order valence-electron chi connectivity index (χ2n) is 7.86. The lowest BCUT2D eigenvalue weighted by Gasteiger charge is -2.38. The molecular formula is C24H27N3O3. The number of benzene rings is 2. The van der Waals surface area contributed by atoms with Crippen LogP contribution in [0.2, 0.25) is 0 Å². The largest absolute Gasteiger partial charge is 0.496 e. The van der Waals surface area contributed by atoms with E-state index in [-0.39, 0.29) is 12.1 Å². The Hall–Kier alpha value is -2.96. The van der Waals surface area contributed by atoms with Crippen LogP contribution in [0, 0.1) is 0 Å². The minimum absolute atomic E-state index is 0.101. The molecule has 3 aromatic rings. The van der Waals surface area contributed by atoms with E-state index in [4.69, 9.17) is 4.74 Å². The Kier molecular flexibility index (Phi) is 5.97. The fourth-order valence-electron chi connectivity index (χ4n) is 3.98. The third-order valence-electron chi connectivity index (χ3n) is 5.78. The number of likely N-dealkylation sites (tertiary alicyclic amines) is 1. The topological polar surface area (TPSA) is 67.6 Å². The van der Waals surface area contributed by atoms with Gasteiger partial charge in [-0.2, -0.15) is 0 Å². The Labute approximate surface area is 176 Å². The molecule has 6 heteroatoms. The van der Waals surface area contributed by atoms with E-state index in [1.807, 2.05) is 42.5 Å². The van der Waals surface area contributed by atoms with Gasteiger partial charge in [0.05, 0.1) is 36.5 Å². The van der Waals surface area contributed by atoms with Crippen molar-refractivity contribution < 1.29 is 9.84 Å². The van der Waals surface area contributed by atoms with Gasteiger partial charge in [0, 0.05) is 25.2 Å². The van der Waals surface area contributed by atoms with Crippen LogP contribution in [0.1, 0.15) is 18.4 Å². The van der Waals surface area contributed by atoms with E-state index >= 15 is 0 Å². The van der Waals surface area contributed by atoms with E-state index in [1.54, 1.807) is 24.1 Å². The van der Waals surface area contributed by atoms with Crippen molar-refractivity contribution in [2.24, 2.45) is 0 Å². The molecule has 1 fully saturated rings. The summed E-state index contributed by atoms with van der Waals surface area (Å²) in [5.74, 6) is 0.858. The molecule has 1 aromatic heterocycles. The molecule has 1 N–H and O–H groups in total. The molecule has 0 amide bonds. The Bertz CT molecular complexity index is 1100. The first-order valence-electron chi connectivity index (χ1n) is 10.3. The Morgan fingerprint density at radius 3 is 2.67 bits per heavy atom. The monoisotopic (exact) mass is 405 g/mol. The SMILES string of the molecule is COc1ccccc1C=CCN1CCC(O)(Cn2cnc3ccccc3c2=O)CC1. The smallest absolute Gasteiger partial charge is 0.261 e. The molecule has 30 heavy (non-hydrogen) atoms. The molecule has 0 unspecified atom stereocenters. The highest BCUT2D eigenvalue weighted by Crippen LogP contribution is 2.24. The zero-order chi connectivity index (χ0) is 21.0. The third kappa shape index (κ3) is 4.45. The summed E-state index contributed by atoms with van der Waals surface area (Å²) in [5, 5.41) is 11.6. The van der Waals surface area contributed by atoms with E-state index in [0.29, 0.717) is 23.7 Å². The van der Waals surface area contributed by atoms with Gasteiger partial charge in [-0.3, -0.25) is 14.3 Å². The predicted molar refractivity (Wildman–Crippen MR) is 119 cm³/mol. The van der Waals surface area contributed by atoms with E-state index in [0.717, 1.165) is 30.9 Å². The van der Waals surface area contributed by atoms with Gasteiger partial charge in [-0.05, 0) is 31.0 Å². The van der Waals surface area contributed by atoms with Gasteiger partial charge in [-0.15, -0.1) is 0 Å². The number of aromatic nitrogens is 2. The van der Waals surface area contributed by atoms with Gasteiger partial charge in [-0.1, -0.05) is 42.5 Å². The van der Waals surface area contributed by atoms with Gasteiger partial charge in [0.2, 0.25) is 0 Å². The van der Waals surface area contributed by atoms with Crippen molar-refractivity contribution in [3.8, 4) is 5.75 Å². The van der Waals surface area contributed by atoms with Crippen LogP contribution in [0.4, 0.5) is 0 Å². The molecule has 6 nitrogen and oxygen atoms in total. The highest BCUT2D eigenvalue weighted by molar-refractivity contribution is 5.76. The number of hydrogen-bond acceptors (Lipinski definition) is 5. The van der Waals surface area contributed by atoms with Crippen molar-refractivity contribution in [3.63, 3.8) is 0 Å². The van der Waals surface area contributed by atoms with E-state index in [2.05, 4.69) is 22.0 Å². The molecule has 0 aliphatic carbocycles. The fourth-order valence-corrected chi connectivity index (χ4v) is 3.98. The number of piperidine rings is 1. The average Bonchev–Trinajstić information content (AvgIpc) is 2.78. The highest BCUT2D eigenvalue weighted by Gasteiger charge is 2.32. The maximum atomic E-state index is 12.7. The third-order valence-corrected chi connectivity index (χ3v) is 5.78. The van der Waals surface area contributed by atoms with Crippen molar-refractivity contribution in [3.05, 3.63) is 76.9 Å². The number of methoxy groups -OCH3 is 1. The number of nitrogens with zero attached hydrogens (tertiary/aromatic N) is 3. The van der Waals surface area contributed by atoms with Crippen LogP contribution in [0.3, 0.4) is 0 Å². The van der Waals surface area contributed by atoms with Crippen LogP contribution in [-0.4, -0.2) is 51.9 Å². The van der Waals surface area contributed by atoms with Gasteiger partial charge in [0.25, 0.3) is 5.56 Å². The first-order chi connectivity index (χ1) is 14.6. The van der Waals surface area contributed by atoms with E-state index < -0.39 is 5.60 Å². The molecule has 1 aliphatic heterocycles. The number of hydrogen-bond donors (Lipinski definition) is 1. The highest BCUT2D eigenvalue weighted by atomic mass is 16.5. The maximum absolute atomic E-state index is 12.7. The second-order valence-corrected chi connectivity index (χ2v) is 7.86. The second kappa shape index (κ2) is 8.81. The lowest BCUT2D eigenvalue weighted by atomic mass is 9.91.